The number of rotatable bonds is 3. The summed E-state index contributed by atoms with van der Waals surface area (Å²) in [5.41, 5.74) is 12.0. The summed E-state index contributed by atoms with van der Waals surface area (Å²) in [6, 6.07) is 13.3. The third kappa shape index (κ3) is 2.64. The van der Waals surface area contributed by atoms with Crippen molar-refractivity contribution in [2.24, 2.45) is 5.73 Å². The second kappa shape index (κ2) is 5.10. The van der Waals surface area contributed by atoms with Crippen LogP contribution in [0.3, 0.4) is 0 Å². The maximum absolute atomic E-state index is 11.3. The summed E-state index contributed by atoms with van der Waals surface area (Å²) in [5, 5.41) is 8.82. The molecule has 1 amide bonds. The predicted molar refractivity (Wildman–Crippen MR) is 70.6 cm³/mol. The van der Waals surface area contributed by atoms with E-state index in [4.69, 9.17) is 21.5 Å². The van der Waals surface area contributed by atoms with Gasteiger partial charge in [0.2, 0.25) is 0 Å². The minimum absolute atomic E-state index is 0.197. The van der Waals surface area contributed by atoms with Gasteiger partial charge in [-0.3, -0.25) is 4.79 Å². The Bertz CT molecular complexity index is 675. The Balaban J connectivity index is 2.43. The number of amides is 1. The van der Waals surface area contributed by atoms with E-state index in [1.54, 1.807) is 36.4 Å². The van der Waals surface area contributed by atoms with E-state index in [1.807, 2.05) is 6.07 Å². The Morgan fingerprint density at radius 2 is 1.95 bits per heavy atom. The molecule has 0 radical (unpaired) electrons. The number of benzene rings is 2. The van der Waals surface area contributed by atoms with Gasteiger partial charge in [-0.15, -0.1) is 0 Å². The molecule has 5 heteroatoms. The molecule has 2 aromatic carbocycles. The summed E-state index contributed by atoms with van der Waals surface area (Å²) in [4.78, 5) is 11.3. The van der Waals surface area contributed by atoms with E-state index in [2.05, 4.69) is 0 Å². The minimum Gasteiger partial charge on any atom is -0.454 e. The first-order valence-corrected chi connectivity index (χ1v) is 5.48. The summed E-state index contributed by atoms with van der Waals surface area (Å²) in [7, 11) is 0. The third-order valence-corrected chi connectivity index (χ3v) is 2.49. The highest BCUT2D eigenvalue weighted by molar-refractivity contribution is 5.97. The lowest BCUT2D eigenvalue weighted by molar-refractivity contribution is 0.0998. The molecule has 19 heavy (non-hydrogen) atoms. The molecule has 0 aromatic heterocycles. The Morgan fingerprint density at radius 1 is 1.21 bits per heavy atom. The van der Waals surface area contributed by atoms with Crippen LogP contribution in [-0.2, 0) is 0 Å². The third-order valence-electron chi connectivity index (χ3n) is 2.49. The molecular weight excluding hydrogens is 242 g/mol. The number of nitrogens with two attached hydrogens (primary N) is 2. The van der Waals surface area contributed by atoms with E-state index in [0.29, 0.717) is 17.0 Å². The highest BCUT2D eigenvalue weighted by Gasteiger charge is 2.13. The average molecular weight is 253 g/mol. The van der Waals surface area contributed by atoms with Crippen LogP contribution in [0.5, 0.6) is 11.5 Å². The number of nitrogen functional groups attached to an aromatic ring is 1. The lowest BCUT2D eigenvalue weighted by Gasteiger charge is -2.11. The molecule has 0 saturated carbocycles. The topological polar surface area (TPSA) is 102 Å². The van der Waals surface area contributed by atoms with E-state index >= 15 is 0 Å². The molecule has 0 aliphatic rings. The Labute approximate surface area is 110 Å². The second-order valence-corrected chi connectivity index (χ2v) is 3.83. The number of hydrogen-bond acceptors (Lipinski definition) is 4. The van der Waals surface area contributed by atoms with Gasteiger partial charge in [0.15, 0.2) is 5.75 Å². The van der Waals surface area contributed by atoms with Crippen LogP contribution in [0.25, 0.3) is 0 Å². The second-order valence-electron chi connectivity index (χ2n) is 3.83. The summed E-state index contributed by atoms with van der Waals surface area (Å²) in [5.74, 6) is -0.0109. The van der Waals surface area contributed by atoms with Crippen LogP contribution in [0.2, 0.25) is 0 Å². The van der Waals surface area contributed by atoms with Crippen LogP contribution in [0, 0.1) is 11.3 Å². The van der Waals surface area contributed by atoms with E-state index in [-0.39, 0.29) is 11.3 Å². The van der Waals surface area contributed by atoms with Gasteiger partial charge in [-0.25, -0.2) is 0 Å². The van der Waals surface area contributed by atoms with Crippen LogP contribution < -0.4 is 16.2 Å². The smallest absolute Gasteiger partial charge is 0.252 e. The average Bonchev–Trinajstić information content (AvgIpc) is 2.41. The van der Waals surface area contributed by atoms with E-state index in [1.165, 1.54) is 6.07 Å². The highest BCUT2D eigenvalue weighted by atomic mass is 16.5. The number of nitrogens with zero attached hydrogens (tertiary/aromatic N) is 1. The van der Waals surface area contributed by atoms with Crippen molar-refractivity contribution in [1.82, 2.24) is 0 Å². The van der Waals surface area contributed by atoms with Crippen LogP contribution in [0.15, 0.2) is 42.5 Å². The molecule has 0 atom stereocenters. The van der Waals surface area contributed by atoms with Crippen molar-refractivity contribution in [2.45, 2.75) is 0 Å². The summed E-state index contributed by atoms with van der Waals surface area (Å²) in [6.45, 7) is 0. The van der Waals surface area contributed by atoms with Crippen molar-refractivity contribution < 1.29 is 9.53 Å². The van der Waals surface area contributed by atoms with Crippen LogP contribution in [0.1, 0.15) is 15.9 Å². The van der Waals surface area contributed by atoms with Gasteiger partial charge in [0, 0.05) is 0 Å². The number of carbonyl (C=O) groups is 1. The molecular formula is C14H11N3O2. The van der Waals surface area contributed by atoms with Crippen LogP contribution >= 0.6 is 0 Å². The predicted octanol–water partition coefficient (Wildman–Crippen LogP) is 2.03. The fourth-order valence-electron chi connectivity index (χ4n) is 1.61. The fourth-order valence-corrected chi connectivity index (χ4v) is 1.61. The monoisotopic (exact) mass is 253 g/mol. The van der Waals surface area contributed by atoms with Gasteiger partial charge in [-0.1, -0.05) is 12.1 Å². The molecule has 2 aromatic rings. The zero-order chi connectivity index (χ0) is 13.8. The van der Waals surface area contributed by atoms with Crippen molar-refractivity contribution in [3.8, 4) is 17.6 Å². The van der Waals surface area contributed by atoms with Gasteiger partial charge >= 0.3 is 0 Å². The van der Waals surface area contributed by atoms with Crippen molar-refractivity contribution in [3.05, 3.63) is 53.6 Å². The standard InChI is InChI=1S/C14H11N3O2/c15-8-9-3-1-4-10(7-9)19-13-11(14(17)18)5-2-6-12(13)16/h1-7H,16H2,(H2,17,18). The highest BCUT2D eigenvalue weighted by Crippen LogP contribution is 2.31. The van der Waals surface area contributed by atoms with Crippen molar-refractivity contribution in [3.63, 3.8) is 0 Å². The minimum atomic E-state index is -0.626. The van der Waals surface area contributed by atoms with E-state index in [9.17, 15) is 4.79 Å². The van der Waals surface area contributed by atoms with E-state index < -0.39 is 5.91 Å². The molecule has 0 fully saturated rings. The van der Waals surface area contributed by atoms with Crippen LogP contribution in [0.4, 0.5) is 5.69 Å². The Kier molecular flexibility index (Phi) is 3.35. The van der Waals surface area contributed by atoms with Crippen molar-refractivity contribution in [1.29, 1.82) is 5.26 Å². The molecule has 0 bridgehead atoms. The normalized spacial score (nSPS) is 9.63. The number of hydrogen-bond donors (Lipinski definition) is 2. The number of nitriles is 1. The molecule has 5 nitrogen and oxygen atoms in total. The molecule has 94 valence electrons. The quantitative estimate of drug-likeness (QED) is 0.817. The first-order chi connectivity index (χ1) is 9.11. The van der Waals surface area contributed by atoms with Gasteiger partial charge in [0.25, 0.3) is 5.91 Å². The maximum Gasteiger partial charge on any atom is 0.252 e. The zero-order valence-electron chi connectivity index (χ0n) is 9.96. The summed E-state index contributed by atoms with van der Waals surface area (Å²) < 4.78 is 5.57. The molecule has 0 unspecified atom stereocenters. The summed E-state index contributed by atoms with van der Waals surface area (Å²) >= 11 is 0. The van der Waals surface area contributed by atoms with E-state index in [0.717, 1.165) is 0 Å². The Hall–Kier alpha value is -3.00. The number of para-hydroxylation sites is 1. The summed E-state index contributed by atoms with van der Waals surface area (Å²) in [6.07, 6.45) is 0. The molecule has 4 N–H and O–H groups in total. The first-order valence-electron chi connectivity index (χ1n) is 5.48. The first kappa shape index (κ1) is 12.5. The van der Waals surface area contributed by atoms with Crippen molar-refractivity contribution in [2.75, 3.05) is 5.73 Å². The van der Waals surface area contributed by atoms with Crippen LogP contribution in [-0.4, -0.2) is 5.91 Å². The largest absolute Gasteiger partial charge is 0.454 e. The molecule has 0 spiro atoms. The lowest BCUT2D eigenvalue weighted by Crippen LogP contribution is -2.13. The lowest BCUT2D eigenvalue weighted by atomic mass is 10.1. The molecule has 0 aliphatic heterocycles. The SMILES string of the molecule is N#Cc1cccc(Oc2c(N)cccc2C(N)=O)c1. The fraction of sp³-hybridized carbons (Fsp3) is 0. The van der Waals surface area contributed by atoms with Gasteiger partial charge in [0.1, 0.15) is 5.75 Å². The number of anilines is 1. The van der Waals surface area contributed by atoms with Gasteiger partial charge < -0.3 is 16.2 Å². The molecule has 0 aliphatic carbocycles. The van der Waals surface area contributed by atoms with Gasteiger partial charge in [-0.2, -0.15) is 5.26 Å². The van der Waals surface area contributed by atoms with Gasteiger partial charge in [0.05, 0.1) is 22.9 Å². The maximum atomic E-state index is 11.3. The Morgan fingerprint density at radius 3 is 2.63 bits per heavy atom. The number of primary amides is 1. The number of carbonyl (C=O) groups excluding carboxylic acids is 1. The molecule has 0 heterocycles. The van der Waals surface area contributed by atoms with Gasteiger partial charge in [-0.05, 0) is 30.3 Å². The zero-order valence-corrected chi connectivity index (χ0v) is 9.96. The molecule has 0 saturated heterocycles. The number of ether oxygens (including phenoxy) is 1. The molecule has 2 rings (SSSR count). The van der Waals surface area contributed by atoms with Crippen molar-refractivity contribution >= 4 is 11.6 Å².